The largest absolute Gasteiger partial charge is 0.459 e. The van der Waals surface area contributed by atoms with Crippen LogP contribution < -0.4 is 21.3 Å². The molecule has 0 saturated carbocycles. The van der Waals surface area contributed by atoms with Gasteiger partial charge in [-0.25, -0.2) is 4.79 Å². The average molecular weight is 434 g/mol. The van der Waals surface area contributed by atoms with Crippen molar-refractivity contribution in [3.8, 4) is 0 Å². The molecule has 0 fully saturated rings. The topological polar surface area (TPSA) is 112 Å². The van der Waals surface area contributed by atoms with Gasteiger partial charge in [-0.3, -0.25) is 9.59 Å². The van der Waals surface area contributed by atoms with Crippen LogP contribution in [-0.2, 0) is 4.79 Å². The number of carbonyl (C=O) groups is 3. The van der Waals surface area contributed by atoms with Gasteiger partial charge in [-0.15, -0.1) is 0 Å². The fourth-order valence-electron chi connectivity index (χ4n) is 3.01. The third kappa shape index (κ3) is 5.98. The molecule has 3 rings (SSSR count). The third-order valence-corrected chi connectivity index (χ3v) is 4.77. The van der Waals surface area contributed by atoms with Gasteiger partial charge in [0.15, 0.2) is 5.76 Å². The SMILES string of the molecule is Cc1ccc(NC(=O)Nc2ccccc2)cc1NC(=O)C(NC(=O)c1ccco1)C(C)C. The molecule has 4 amide bonds. The van der Waals surface area contributed by atoms with Crippen LogP contribution in [0.5, 0.6) is 0 Å². The summed E-state index contributed by atoms with van der Waals surface area (Å²) in [6.07, 6.45) is 1.40. The second kappa shape index (κ2) is 10.3. The second-order valence-electron chi connectivity index (χ2n) is 7.64. The van der Waals surface area contributed by atoms with E-state index in [4.69, 9.17) is 4.42 Å². The van der Waals surface area contributed by atoms with Crippen LogP contribution in [0.4, 0.5) is 21.9 Å². The van der Waals surface area contributed by atoms with Gasteiger partial charge in [-0.05, 0) is 54.8 Å². The molecule has 0 spiro atoms. The van der Waals surface area contributed by atoms with Crippen LogP contribution in [0.15, 0.2) is 71.3 Å². The number of benzene rings is 2. The van der Waals surface area contributed by atoms with Gasteiger partial charge in [0, 0.05) is 17.1 Å². The number of nitrogens with one attached hydrogen (secondary N) is 4. The lowest BCUT2D eigenvalue weighted by Crippen LogP contribution is -2.47. The zero-order chi connectivity index (χ0) is 23.1. The average Bonchev–Trinajstić information content (AvgIpc) is 3.29. The Balaban J connectivity index is 1.67. The van der Waals surface area contributed by atoms with Gasteiger partial charge >= 0.3 is 6.03 Å². The molecule has 8 nitrogen and oxygen atoms in total. The highest BCUT2D eigenvalue weighted by atomic mass is 16.3. The Morgan fingerprint density at radius 2 is 1.56 bits per heavy atom. The number of carbonyl (C=O) groups excluding carboxylic acids is 3. The van der Waals surface area contributed by atoms with Crippen LogP contribution in [0, 0.1) is 12.8 Å². The summed E-state index contributed by atoms with van der Waals surface area (Å²) in [4.78, 5) is 37.5. The van der Waals surface area contributed by atoms with Gasteiger partial charge in [-0.1, -0.05) is 38.1 Å². The fraction of sp³-hybridized carbons (Fsp3) is 0.208. The number of anilines is 3. The minimum Gasteiger partial charge on any atom is -0.459 e. The maximum absolute atomic E-state index is 12.9. The van der Waals surface area contributed by atoms with Crippen molar-refractivity contribution in [1.82, 2.24) is 5.32 Å². The van der Waals surface area contributed by atoms with Crippen LogP contribution in [0.3, 0.4) is 0 Å². The predicted octanol–water partition coefficient (Wildman–Crippen LogP) is 4.63. The summed E-state index contributed by atoms with van der Waals surface area (Å²) in [6, 6.07) is 16.2. The summed E-state index contributed by atoms with van der Waals surface area (Å²) in [7, 11) is 0. The summed E-state index contributed by atoms with van der Waals surface area (Å²) in [5.41, 5.74) is 2.52. The lowest BCUT2D eigenvalue weighted by atomic mass is 10.0. The molecule has 0 aliphatic rings. The van der Waals surface area contributed by atoms with Crippen LogP contribution in [-0.4, -0.2) is 23.9 Å². The number of aryl methyl sites for hydroxylation is 1. The van der Waals surface area contributed by atoms with Crippen LogP contribution in [0.1, 0.15) is 30.0 Å². The Morgan fingerprint density at radius 3 is 2.22 bits per heavy atom. The quantitative estimate of drug-likeness (QED) is 0.434. The van der Waals surface area contributed by atoms with E-state index in [0.29, 0.717) is 17.1 Å². The highest BCUT2D eigenvalue weighted by molar-refractivity contribution is 6.02. The van der Waals surface area contributed by atoms with Crippen LogP contribution in [0.25, 0.3) is 0 Å². The van der Waals surface area contributed by atoms with Crippen LogP contribution in [0.2, 0.25) is 0 Å². The van der Waals surface area contributed by atoms with Gasteiger partial charge < -0.3 is 25.7 Å². The molecule has 0 saturated heterocycles. The number of amides is 4. The molecule has 0 aliphatic heterocycles. The van der Waals surface area contributed by atoms with E-state index in [1.165, 1.54) is 12.3 Å². The van der Waals surface area contributed by atoms with E-state index in [0.717, 1.165) is 5.56 Å². The Hall–Kier alpha value is -4.07. The summed E-state index contributed by atoms with van der Waals surface area (Å²) in [5.74, 6) is -0.857. The number of hydrogen-bond acceptors (Lipinski definition) is 4. The Bertz CT molecular complexity index is 1080. The van der Waals surface area contributed by atoms with Crippen molar-refractivity contribution in [3.05, 3.63) is 78.3 Å². The Kier molecular flexibility index (Phi) is 7.28. The van der Waals surface area contributed by atoms with Gasteiger partial charge in [0.2, 0.25) is 5.91 Å². The van der Waals surface area contributed by atoms with E-state index in [2.05, 4.69) is 21.3 Å². The summed E-state index contributed by atoms with van der Waals surface area (Å²) < 4.78 is 5.10. The van der Waals surface area contributed by atoms with E-state index < -0.39 is 18.0 Å². The number of rotatable bonds is 7. The monoisotopic (exact) mass is 434 g/mol. The molecule has 1 atom stereocenters. The lowest BCUT2D eigenvalue weighted by molar-refractivity contribution is -0.118. The van der Waals surface area contributed by atoms with Crippen molar-refractivity contribution in [2.75, 3.05) is 16.0 Å². The molecule has 2 aromatic carbocycles. The molecule has 8 heteroatoms. The third-order valence-electron chi connectivity index (χ3n) is 4.77. The molecule has 32 heavy (non-hydrogen) atoms. The zero-order valence-electron chi connectivity index (χ0n) is 18.1. The Labute approximate surface area is 186 Å². The normalized spacial score (nSPS) is 11.5. The van der Waals surface area contributed by atoms with E-state index in [9.17, 15) is 14.4 Å². The van der Waals surface area contributed by atoms with Gasteiger partial charge in [0.25, 0.3) is 5.91 Å². The van der Waals surface area contributed by atoms with Crippen LogP contribution >= 0.6 is 0 Å². The number of hydrogen-bond donors (Lipinski definition) is 4. The van der Waals surface area contributed by atoms with Gasteiger partial charge in [0.1, 0.15) is 6.04 Å². The minimum absolute atomic E-state index is 0.134. The summed E-state index contributed by atoms with van der Waals surface area (Å²) >= 11 is 0. The molecule has 4 N–H and O–H groups in total. The Morgan fingerprint density at radius 1 is 0.844 bits per heavy atom. The van der Waals surface area contributed by atoms with E-state index >= 15 is 0 Å². The van der Waals surface area contributed by atoms with Gasteiger partial charge in [-0.2, -0.15) is 0 Å². The highest BCUT2D eigenvalue weighted by Gasteiger charge is 2.26. The van der Waals surface area contributed by atoms with Crippen molar-refractivity contribution >= 4 is 34.9 Å². The molecule has 1 aromatic heterocycles. The first-order valence-corrected chi connectivity index (χ1v) is 10.2. The molecule has 1 unspecified atom stereocenters. The maximum atomic E-state index is 12.9. The highest BCUT2D eigenvalue weighted by Crippen LogP contribution is 2.21. The summed E-state index contributed by atoms with van der Waals surface area (Å²) in [6.45, 7) is 5.52. The molecule has 0 bridgehead atoms. The zero-order valence-corrected chi connectivity index (χ0v) is 18.1. The fourth-order valence-corrected chi connectivity index (χ4v) is 3.01. The summed E-state index contributed by atoms with van der Waals surface area (Å²) in [5, 5.41) is 11.0. The van der Waals surface area contributed by atoms with E-state index in [1.54, 1.807) is 36.4 Å². The minimum atomic E-state index is -0.773. The molecule has 3 aromatic rings. The molecular formula is C24H26N4O4. The first-order valence-electron chi connectivity index (χ1n) is 10.2. The van der Waals surface area contributed by atoms with E-state index in [1.807, 2.05) is 39.0 Å². The number of para-hydroxylation sites is 1. The predicted molar refractivity (Wildman–Crippen MR) is 124 cm³/mol. The molecule has 0 aliphatic carbocycles. The first-order chi connectivity index (χ1) is 15.3. The standard InChI is InChI=1S/C24H26N4O4/c1-15(2)21(28-22(29)20-10-7-13-32-20)23(30)27-19-14-18(12-11-16(19)3)26-24(31)25-17-8-5-4-6-9-17/h4-15,21H,1-3H3,(H,27,30)(H,28,29)(H2,25,26,31). The smallest absolute Gasteiger partial charge is 0.323 e. The molecule has 166 valence electrons. The van der Waals surface area contributed by atoms with Crippen molar-refractivity contribution in [2.24, 2.45) is 5.92 Å². The number of urea groups is 1. The number of furan rings is 1. The van der Waals surface area contributed by atoms with Crippen molar-refractivity contribution in [2.45, 2.75) is 26.8 Å². The molecular weight excluding hydrogens is 408 g/mol. The van der Waals surface area contributed by atoms with Crippen molar-refractivity contribution < 1.29 is 18.8 Å². The van der Waals surface area contributed by atoms with Crippen molar-refractivity contribution in [3.63, 3.8) is 0 Å². The maximum Gasteiger partial charge on any atom is 0.323 e. The van der Waals surface area contributed by atoms with Crippen molar-refractivity contribution in [1.29, 1.82) is 0 Å². The molecule has 1 heterocycles. The van der Waals surface area contributed by atoms with Gasteiger partial charge in [0.05, 0.1) is 6.26 Å². The van der Waals surface area contributed by atoms with E-state index in [-0.39, 0.29) is 17.6 Å². The second-order valence-corrected chi connectivity index (χ2v) is 7.64. The first kappa shape index (κ1) is 22.6. The molecule has 0 radical (unpaired) electrons. The lowest BCUT2D eigenvalue weighted by Gasteiger charge is -2.22.